The Labute approximate surface area is 113 Å². The molecule has 0 aliphatic carbocycles. The van der Waals surface area contributed by atoms with Crippen molar-refractivity contribution in [3.05, 3.63) is 11.6 Å². The van der Waals surface area contributed by atoms with Gasteiger partial charge in [-0.1, -0.05) is 11.6 Å². The predicted octanol–water partition coefficient (Wildman–Crippen LogP) is 0.527. The smallest absolute Gasteiger partial charge is 0.256 e. The van der Waals surface area contributed by atoms with Crippen LogP contribution in [0.1, 0.15) is 12.8 Å². The molecule has 19 heavy (non-hydrogen) atoms. The molecular weight excluding hydrogens is 250 g/mol. The van der Waals surface area contributed by atoms with Gasteiger partial charge in [-0.2, -0.15) is 0 Å². The molecule has 0 aromatic rings. The average molecular weight is 271 g/mol. The van der Waals surface area contributed by atoms with Gasteiger partial charge in [-0.3, -0.25) is 4.79 Å². The summed E-state index contributed by atoms with van der Waals surface area (Å²) in [6, 6.07) is -0.0595. The van der Waals surface area contributed by atoms with Crippen LogP contribution < -0.4 is 0 Å². The Morgan fingerprint density at radius 2 is 2.05 bits per heavy atom. The fraction of sp³-hybridized carbons (Fsp3) is 0.769. The number of rotatable bonds is 6. The predicted molar refractivity (Wildman–Crippen MR) is 67.4 cm³/mol. The average Bonchev–Trinajstić information content (AvgIpc) is 2.45. The summed E-state index contributed by atoms with van der Waals surface area (Å²) in [4.78, 5) is 13.6. The van der Waals surface area contributed by atoms with E-state index in [1.165, 1.54) is 5.57 Å². The molecule has 1 amide bonds. The molecule has 0 bridgehead atoms. The highest BCUT2D eigenvalue weighted by Crippen LogP contribution is 2.27. The minimum absolute atomic E-state index is 0.0483. The lowest BCUT2D eigenvalue weighted by Crippen LogP contribution is -2.65. The quantitative estimate of drug-likeness (QED) is 0.400. The van der Waals surface area contributed by atoms with E-state index in [1.54, 1.807) is 19.1 Å². The van der Waals surface area contributed by atoms with E-state index in [0.717, 1.165) is 26.1 Å². The number of ether oxygens (including phenoxy) is 4. The highest BCUT2D eigenvalue weighted by Gasteiger charge is 2.47. The van der Waals surface area contributed by atoms with Crippen LogP contribution >= 0.6 is 0 Å². The standard InChI is InChI=1S/C13H21NO5/c1-16-8-14-11(7-10-3-5-18-6-4-10)12(13(14)15)19-9-17-2/h7,11-12H,3-6,8-9H2,1-2H3/t11-,12?/m0/s1. The zero-order chi connectivity index (χ0) is 13.7. The molecule has 1 unspecified atom stereocenters. The number of hydrogen-bond donors (Lipinski definition) is 0. The second-order valence-electron chi connectivity index (χ2n) is 4.65. The maximum Gasteiger partial charge on any atom is 0.256 e. The summed E-state index contributed by atoms with van der Waals surface area (Å²) in [7, 11) is 3.12. The first-order valence-electron chi connectivity index (χ1n) is 6.45. The summed E-state index contributed by atoms with van der Waals surface area (Å²) in [5, 5.41) is 0. The van der Waals surface area contributed by atoms with Crippen LogP contribution in [0.15, 0.2) is 11.6 Å². The van der Waals surface area contributed by atoms with E-state index < -0.39 is 6.10 Å². The molecule has 6 heteroatoms. The molecule has 0 aromatic carbocycles. The summed E-state index contributed by atoms with van der Waals surface area (Å²) < 4.78 is 20.7. The Balaban J connectivity index is 2.00. The lowest BCUT2D eigenvalue weighted by Gasteiger charge is -2.45. The Kier molecular flexibility index (Phi) is 5.33. The van der Waals surface area contributed by atoms with Gasteiger partial charge in [-0.25, -0.2) is 0 Å². The fourth-order valence-corrected chi connectivity index (χ4v) is 2.36. The Bertz CT molecular complexity index is 336. The Morgan fingerprint density at radius 3 is 2.68 bits per heavy atom. The number of hydrogen-bond acceptors (Lipinski definition) is 5. The van der Waals surface area contributed by atoms with Crippen molar-refractivity contribution in [2.45, 2.75) is 25.0 Å². The summed E-state index contributed by atoms with van der Waals surface area (Å²) in [5.41, 5.74) is 1.32. The number of β-lactam (4-membered cyclic amide) rings is 1. The van der Waals surface area contributed by atoms with Gasteiger partial charge in [-0.15, -0.1) is 0 Å². The van der Waals surface area contributed by atoms with Gasteiger partial charge in [0.2, 0.25) is 0 Å². The lowest BCUT2D eigenvalue weighted by atomic mass is 9.94. The first-order valence-corrected chi connectivity index (χ1v) is 6.45. The maximum atomic E-state index is 11.9. The Hall–Kier alpha value is -0.950. The van der Waals surface area contributed by atoms with Crippen LogP contribution in [0.3, 0.4) is 0 Å². The van der Waals surface area contributed by atoms with Gasteiger partial charge in [0.1, 0.15) is 13.5 Å². The fourth-order valence-electron chi connectivity index (χ4n) is 2.36. The van der Waals surface area contributed by atoms with E-state index in [-0.39, 0.29) is 25.5 Å². The summed E-state index contributed by atoms with van der Waals surface area (Å²) >= 11 is 0. The van der Waals surface area contributed by atoms with Crippen molar-refractivity contribution in [2.75, 3.05) is 41.0 Å². The van der Waals surface area contributed by atoms with Gasteiger partial charge in [-0.05, 0) is 12.8 Å². The van der Waals surface area contributed by atoms with Crippen molar-refractivity contribution in [2.24, 2.45) is 0 Å². The summed E-state index contributed by atoms with van der Waals surface area (Å²) in [5.74, 6) is -0.0483. The van der Waals surface area contributed by atoms with Crippen molar-refractivity contribution < 1.29 is 23.7 Å². The molecule has 0 aromatic heterocycles. The molecule has 6 nitrogen and oxygen atoms in total. The van der Waals surface area contributed by atoms with Crippen LogP contribution in [0.4, 0.5) is 0 Å². The van der Waals surface area contributed by atoms with Crippen molar-refractivity contribution >= 4 is 5.91 Å². The molecule has 0 radical (unpaired) electrons. The van der Waals surface area contributed by atoms with Crippen LogP contribution in [-0.4, -0.2) is 63.9 Å². The zero-order valence-electron chi connectivity index (χ0n) is 11.5. The minimum atomic E-state index is -0.453. The maximum absolute atomic E-state index is 11.9. The summed E-state index contributed by atoms with van der Waals surface area (Å²) in [6.07, 6.45) is 3.50. The van der Waals surface area contributed by atoms with Gasteiger partial charge < -0.3 is 23.8 Å². The van der Waals surface area contributed by atoms with Crippen molar-refractivity contribution in [1.82, 2.24) is 4.90 Å². The second kappa shape index (κ2) is 7.00. The van der Waals surface area contributed by atoms with E-state index in [4.69, 9.17) is 18.9 Å². The molecule has 2 aliphatic rings. The van der Waals surface area contributed by atoms with E-state index in [2.05, 4.69) is 6.08 Å². The third-order valence-electron chi connectivity index (χ3n) is 3.37. The van der Waals surface area contributed by atoms with Crippen molar-refractivity contribution in [1.29, 1.82) is 0 Å². The second-order valence-corrected chi connectivity index (χ2v) is 4.65. The largest absolute Gasteiger partial charge is 0.381 e. The van der Waals surface area contributed by atoms with Gasteiger partial charge >= 0.3 is 0 Å². The molecule has 0 saturated carbocycles. The molecule has 2 heterocycles. The normalized spacial score (nSPS) is 27.4. The van der Waals surface area contributed by atoms with Crippen LogP contribution in [0, 0.1) is 0 Å². The first-order chi connectivity index (χ1) is 9.27. The number of methoxy groups -OCH3 is 2. The van der Waals surface area contributed by atoms with Gasteiger partial charge in [0.15, 0.2) is 6.10 Å². The van der Waals surface area contributed by atoms with Crippen molar-refractivity contribution in [3.8, 4) is 0 Å². The number of carbonyl (C=O) groups is 1. The molecule has 108 valence electrons. The molecular formula is C13H21NO5. The number of amides is 1. The number of carbonyl (C=O) groups excluding carboxylic acids is 1. The van der Waals surface area contributed by atoms with E-state index in [1.807, 2.05) is 0 Å². The van der Waals surface area contributed by atoms with E-state index >= 15 is 0 Å². The SMILES string of the molecule is COCOC1C(=O)N(COC)[C@H]1C=C1CCOCC1. The van der Waals surface area contributed by atoms with Gasteiger partial charge in [0, 0.05) is 14.2 Å². The third-order valence-corrected chi connectivity index (χ3v) is 3.37. The molecule has 2 atom stereocenters. The molecule has 2 rings (SSSR count). The zero-order valence-corrected chi connectivity index (χ0v) is 11.5. The van der Waals surface area contributed by atoms with Crippen LogP contribution in [0.25, 0.3) is 0 Å². The number of likely N-dealkylation sites (tertiary alicyclic amines) is 1. The highest BCUT2D eigenvalue weighted by atomic mass is 16.7. The molecule has 2 fully saturated rings. The molecule has 0 N–H and O–H groups in total. The molecule has 0 spiro atoms. The van der Waals surface area contributed by atoms with Crippen molar-refractivity contribution in [3.63, 3.8) is 0 Å². The van der Waals surface area contributed by atoms with Crippen LogP contribution in [-0.2, 0) is 23.7 Å². The lowest BCUT2D eigenvalue weighted by molar-refractivity contribution is -0.190. The topological polar surface area (TPSA) is 57.2 Å². The Morgan fingerprint density at radius 1 is 1.32 bits per heavy atom. The van der Waals surface area contributed by atoms with E-state index in [0.29, 0.717) is 0 Å². The van der Waals surface area contributed by atoms with Crippen LogP contribution in [0.2, 0.25) is 0 Å². The van der Waals surface area contributed by atoms with Gasteiger partial charge in [0.05, 0.1) is 19.3 Å². The molecule has 2 aliphatic heterocycles. The number of nitrogens with zero attached hydrogens (tertiary/aromatic N) is 1. The van der Waals surface area contributed by atoms with E-state index in [9.17, 15) is 4.79 Å². The minimum Gasteiger partial charge on any atom is -0.381 e. The monoisotopic (exact) mass is 271 g/mol. The summed E-state index contributed by atoms with van der Waals surface area (Å²) in [6.45, 7) is 1.91. The first kappa shape index (κ1) is 14.5. The third kappa shape index (κ3) is 3.33. The van der Waals surface area contributed by atoms with Crippen LogP contribution in [0.5, 0.6) is 0 Å². The highest BCUT2D eigenvalue weighted by molar-refractivity contribution is 5.89. The van der Waals surface area contributed by atoms with Gasteiger partial charge in [0.25, 0.3) is 5.91 Å². The molecule has 2 saturated heterocycles.